The molecule has 1 N–H and O–H groups in total. The van der Waals surface area contributed by atoms with Crippen LogP contribution in [-0.4, -0.2) is 4.57 Å². The molecule has 19 heavy (non-hydrogen) atoms. The molecule has 0 saturated carbocycles. The zero-order chi connectivity index (χ0) is 13.8. The lowest BCUT2D eigenvalue weighted by molar-refractivity contribution is 0.506. The summed E-state index contributed by atoms with van der Waals surface area (Å²) in [7, 11) is 1.80. The fourth-order valence-electron chi connectivity index (χ4n) is 1.84. The van der Waals surface area contributed by atoms with Crippen LogP contribution in [0.5, 0.6) is 0 Å². The van der Waals surface area contributed by atoms with Gasteiger partial charge in [0.2, 0.25) is 0 Å². The van der Waals surface area contributed by atoms with Crippen molar-refractivity contribution in [2.45, 2.75) is 13.1 Å². The summed E-state index contributed by atoms with van der Waals surface area (Å²) in [6, 6.07) is 7.70. The summed E-state index contributed by atoms with van der Waals surface area (Å²) in [5, 5.41) is 11.9. The van der Waals surface area contributed by atoms with Crippen molar-refractivity contribution < 1.29 is 8.78 Å². The van der Waals surface area contributed by atoms with Gasteiger partial charge in [-0.15, -0.1) is 0 Å². The van der Waals surface area contributed by atoms with Crippen molar-refractivity contribution in [1.29, 1.82) is 5.26 Å². The van der Waals surface area contributed by atoms with Gasteiger partial charge in [-0.3, -0.25) is 0 Å². The highest BCUT2D eigenvalue weighted by Crippen LogP contribution is 2.09. The van der Waals surface area contributed by atoms with Gasteiger partial charge in [0.25, 0.3) is 0 Å². The molecule has 3 nitrogen and oxygen atoms in total. The Hall–Kier alpha value is -2.19. The van der Waals surface area contributed by atoms with Gasteiger partial charge in [0.15, 0.2) is 11.6 Å². The number of benzene rings is 1. The Balaban J connectivity index is 1.92. The molecule has 0 spiro atoms. The van der Waals surface area contributed by atoms with E-state index in [1.165, 1.54) is 12.1 Å². The van der Waals surface area contributed by atoms with Crippen molar-refractivity contribution in [2.24, 2.45) is 7.05 Å². The summed E-state index contributed by atoms with van der Waals surface area (Å²) in [5.74, 6) is -1.68. The van der Waals surface area contributed by atoms with E-state index in [1.54, 1.807) is 17.7 Å². The molecule has 5 heteroatoms. The number of nitrogens with zero attached hydrogens (tertiary/aromatic N) is 2. The van der Waals surface area contributed by atoms with Crippen molar-refractivity contribution >= 4 is 0 Å². The summed E-state index contributed by atoms with van der Waals surface area (Å²) < 4.78 is 27.5. The van der Waals surface area contributed by atoms with Crippen molar-refractivity contribution in [2.75, 3.05) is 0 Å². The molecule has 1 aromatic heterocycles. The van der Waals surface area contributed by atoms with E-state index in [9.17, 15) is 8.78 Å². The van der Waals surface area contributed by atoms with Gasteiger partial charge in [-0.25, -0.2) is 8.78 Å². The number of hydrogen-bond donors (Lipinski definition) is 1. The van der Waals surface area contributed by atoms with E-state index in [4.69, 9.17) is 5.26 Å². The van der Waals surface area contributed by atoms with Gasteiger partial charge in [0.1, 0.15) is 11.8 Å². The van der Waals surface area contributed by atoms with E-state index in [1.807, 2.05) is 6.20 Å². The zero-order valence-corrected chi connectivity index (χ0v) is 10.5. The fourth-order valence-corrected chi connectivity index (χ4v) is 1.84. The number of aryl methyl sites for hydroxylation is 1. The Labute approximate surface area is 110 Å². The van der Waals surface area contributed by atoms with Crippen molar-refractivity contribution in [3.05, 3.63) is 58.9 Å². The molecule has 2 aromatic rings. The number of rotatable bonds is 4. The van der Waals surface area contributed by atoms with Crippen molar-refractivity contribution in [1.82, 2.24) is 9.88 Å². The number of nitriles is 1. The Morgan fingerprint density at radius 3 is 2.53 bits per heavy atom. The molecule has 0 bridgehead atoms. The van der Waals surface area contributed by atoms with Gasteiger partial charge in [-0.1, -0.05) is 6.07 Å². The van der Waals surface area contributed by atoms with E-state index in [0.29, 0.717) is 24.3 Å². The summed E-state index contributed by atoms with van der Waals surface area (Å²) in [6.07, 6.45) is 1.86. The minimum absolute atomic E-state index is 0.438. The van der Waals surface area contributed by atoms with Crippen LogP contribution >= 0.6 is 0 Å². The average molecular weight is 261 g/mol. The molecule has 98 valence electrons. The highest BCUT2D eigenvalue weighted by atomic mass is 19.2. The van der Waals surface area contributed by atoms with Crippen LogP contribution in [0.2, 0.25) is 0 Å². The summed E-state index contributed by atoms with van der Waals surface area (Å²) in [5.41, 5.74) is 2.24. The van der Waals surface area contributed by atoms with E-state index in [-0.39, 0.29) is 0 Å². The Morgan fingerprint density at radius 1 is 1.16 bits per heavy atom. The highest BCUT2D eigenvalue weighted by molar-refractivity contribution is 5.28. The molecule has 0 fully saturated rings. The minimum atomic E-state index is -0.842. The second-order valence-electron chi connectivity index (χ2n) is 4.31. The largest absolute Gasteiger partial charge is 0.342 e. The smallest absolute Gasteiger partial charge is 0.159 e. The lowest BCUT2D eigenvalue weighted by Crippen LogP contribution is -2.12. The van der Waals surface area contributed by atoms with Gasteiger partial charge < -0.3 is 9.88 Å². The zero-order valence-electron chi connectivity index (χ0n) is 10.5. The second kappa shape index (κ2) is 5.63. The van der Waals surface area contributed by atoms with Gasteiger partial charge in [0.05, 0.1) is 0 Å². The van der Waals surface area contributed by atoms with E-state index in [2.05, 4.69) is 11.4 Å². The number of halogens is 2. The molecule has 1 aromatic carbocycles. The van der Waals surface area contributed by atoms with E-state index < -0.39 is 11.6 Å². The maximum absolute atomic E-state index is 13.0. The van der Waals surface area contributed by atoms with Gasteiger partial charge >= 0.3 is 0 Å². The van der Waals surface area contributed by atoms with Crippen LogP contribution < -0.4 is 5.32 Å². The predicted molar refractivity (Wildman–Crippen MR) is 67.0 cm³/mol. The van der Waals surface area contributed by atoms with Crippen molar-refractivity contribution in [3.8, 4) is 6.07 Å². The third-order valence-corrected chi connectivity index (χ3v) is 2.82. The quantitative estimate of drug-likeness (QED) is 0.918. The van der Waals surface area contributed by atoms with Crippen LogP contribution in [0.3, 0.4) is 0 Å². The number of nitrogens with one attached hydrogen (secondary N) is 1. The van der Waals surface area contributed by atoms with Crippen LogP contribution in [0.1, 0.15) is 16.8 Å². The first-order chi connectivity index (χ1) is 9.10. The Bertz CT molecular complexity index is 626. The van der Waals surface area contributed by atoms with Crippen LogP contribution in [0.4, 0.5) is 8.78 Å². The van der Waals surface area contributed by atoms with Crippen LogP contribution in [0.25, 0.3) is 0 Å². The molecule has 0 amide bonds. The molecule has 0 aliphatic carbocycles. The topological polar surface area (TPSA) is 40.8 Å². The molecule has 0 aliphatic rings. The van der Waals surface area contributed by atoms with E-state index in [0.717, 1.165) is 11.6 Å². The predicted octanol–water partition coefficient (Wildman–Crippen LogP) is 2.46. The lowest BCUT2D eigenvalue weighted by atomic mass is 10.2. The minimum Gasteiger partial charge on any atom is -0.342 e. The molecular weight excluding hydrogens is 248 g/mol. The fraction of sp³-hybridized carbons (Fsp3) is 0.214. The Kier molecular flexibility index (Phi) is 3.93. The summed E-state index contributed by atoms with van der Waals surface area (Å²) >= 11 is 0. The highest BCUT2D eigenvalue weighted by Gasteiger charge is 2.04. The lowest BCUT2D eigenvalue weighted by Gasteiger charge is -2.04. The molecule has 0 aliphatic heterocycles. The molecule has 0 saturated heterocycles. The monoisotopic (exact) mass is 261 g/mol. The third-order valence-electron chi connectivity index (χ3n) is 2.82. The van der Waals surface area contributed by atoms with Gasteiger partial charge in [-0.05, 0) is 29.3 Å². The maximum Gasteiger partial charge on any atom is 0.159 e. The summed E-state index contributed by atoms with van der Waals surface area (Å²) in [6.45, 7) is 1.00. The van der Waals surface area contributed by atoms with Crippen molar-refractivity contribution in [3.63, 3.8) is 0 Å². The standard InChI is InChI=1S/C14H13F2N3/c1-19-9-11(4-12(19)6-17)8-18-7-10-2-3-13(15)14(16)5-10/h2-5,9,18H,7-8H2,1H3. The molecule has 0 radical (unpaired) electrons. The van der Waals surface area contributed by atoms with Gasteiger partial charge in [0, 0.05) is 26.3 Å². The molecule has 2 rings (SSSR count). The first-order valence-electron chi connectivity index (χ1n) is 5.80. The first-order valence-corrected chi connectivity index (χ1v) is 5.80. The normalized spacial score (nSPS) is 10.4. The van der Waals surface area contributed by atoms with Crippen LogP contribution in [0, 0.1) is 23.0 Å². The maximum atomic E-state index is 13.0. The second-order valence-corrected chi connectivity index (χ2v) is 4.31. The van der Waals surface area contributed by atoms with Crippen LogP contribution in [-0.2, 0) is 20.1 Å². The van der Waals surface area contributed by atoms with Gasteiger partial charge in [-0.2, -0.15) is 5.26 Å². The molecule has 1 heterocycles. The number of aromatic nitrogens is 1. The molecule has 0 unspecified atom stereocenters. The molecular formula is C14H13F2N3. The van der Waals surface area contributed by atoms with E-state index >= 15 is 0 Å². The summed E-state index contributed by atoms with van der Waals surface area (Å²) in [4.78, 5) is 0. The van der Waals surface area contributed by atoms with Crippen LogP contribution in [0.15, 0.2) is 30.5 Å². The number of hydrogen-bond acceptors (Lipinski definition) is 2. The molecule has 0 atom stereocenters. The Morgan fingerprint density at radius 2 is 1.89 bits per heavy atom. The SMILES string of the molecule is Cn1cc(CNCc2ccc(F)c(F)c2)cc1C#N. The average Bonchev–Trinajstić information content (AvgIpc) is 2.74. The first kappa shape index (κ1) is 13.2. The third kappa shape index (κ3) is 3.18.